The number of hydrogen-bond donors (Lipinski definition) is 1. The van der Waals surface area contributed by atoms with E-state index in [1.807, 2.05) is 73.0 Å². The van der Waals surface area contributed by atoms with Crippen molar-refractivity contribution in [1.82, 2.24) is 14.8 Å². The van der Waals surface area contributed by atoms with Gasteiger partial charge in [0.15, 0.2) is 23.4 Å². The Morgan fingerprint density at radius 2 is 1.83 bits per heavy atom. The Bertz CT molecular complexity index is 1410. The first-order valence-electron chi connectivity index (χ1n) is 12.2. The lowest BCUT2D eigenvalue weighted by atomic mass is 9.92. The SMILES string of the molecule is Cc1cc(C(=O)CN2C(=O)N[C@]3(CCc4ccccc43)C2=O)c(C)n1C[C@@H]1COc2ccccc2O1. The molecule has 36 heavy (non-hydrogen) atoms. The second-order valence-corrected chi connectivity index (χ2v) is 9.70. The molecule has 3 heterocycles. The monoisotopic (exact) mass is 485 g/mol. The van der Waals surface area contributed by atoms with Gasteiger partial charge < -0.3 is 19.4 Å². The highest BCUT2D eigenvalue weighted by atomic mass is 16.6. The zero-order valence-corrected chi connectivity index (χ0v) is 20.2. The summed E-state index contributed by atoms with van der Waals surface area (Å²) < 4.78 is 14.0. The Morgan fingerprint density at radius 1 is 1.08 bits per heavy atom. The number of fused-ring (bicyclic) bond motifs is 3. The lowest BCUT2D eigenvalue weighted by Crippen LogP contribution is -2.42. The van der Waals surface area contributed by atoms with Crippen LogP contribution in [0.3, 0.4) is 0 Å². The number of benzene rings is 2. The van der Waals surface area contributed by atoms with E-state index in [2.05, 4.69) is 5.32 Å². The molecule has 3 aromatic rings. The van der Waals surface area contributed by atoms with Crippen molar-refractivity contribution in [1.29, 1.82) is 0 Å². The lowest BCUT2D eigenvalue weighted by molar-refractivity contribution is -0.131. The maximum atomic E-state index is 13.4. The predicted molar refractivity (Wildman–Crippen MR) is 131 cm³/mol. The van der Waals surface area contributed by atoms with E-state index in [9.17, 15) is 14.4 Å². The molecule has 8 nitrogen and oxygen atoms in total. The normalized spacial score (nSPS) is 22.2. The Kier molecular flexibility index (Phi) is 5.14. The van der Waals surface area contributed by atoms with Crippen molar-refractivity contribution in [2.24, 2.45) is 0 Å². The highest BCUT2D eigenvalue weighted by Gasteiger charge is 2.55. The summed E-state index contributed by atoms with van der Waals surface area (Å²) in [5.74, 6) is 0.800. The van der Waals surface area contributed by atoms with Crippen molar-refractivity contribution >= 4 is 17.7 Å². The molecule has 2 atom stereocenters. The largest absolute Gasteiger partial charge is 0.486 e. The van der Waals surface area contributed by atoms with Crippen molar-refractivity contribution in [3.05, 3.63) is 82.7 Å². The first kappa shape index (κ1) is 22.4. The number of ketones is 1. The second kappa shape index (κ2) is 8.26. The predicted octanol–water partition coefficient (Wildman–Crippen LogP) is 3.52. The number of para-hydroxylation sites is 2. The number of carbonyl (C=O) groups is 3. The van der Waals surface area contributed by atoms with Crippen molar-refractivity contribution < 1.29 is 23.9 Å². The third-order valence-corrected chi connectivity index (χ3v) is 7.55. The first-order valence-corrected chi connectivity index (χ1v) is 12.2. The molecule has 1 spiro atoms. The molecular weight excluding hydrogens is 458 g/mol. The molecule has 2 aromatic carbocycles. The van der Waals surface area contributed by atoms with E-state index in [0.717, 1.165) is 33.2 Å². The standard InChI is InChI=1S/C28H27N3O5/c1-17-13-21(18(2)30(17)14-20-16-35-24-9-5-6-10-25(24)36-20)23(32)15-31-26(33)28(29-27(31)34)12-11-19-7-3-4-8-22(19)28/h3-10,13,20H,11-12,14-16H2,1-2H3,(H,29,34)/t20-,28+/m1/s1. The number of amides is 3. The van der Waals surface area contributed by atoms with Crippen LogP contribution < -0.4 is 14.8 Å². The number of rotatable bonds is 5. The summed E-state index contributed by atoms with van der Waals surface area (Å²) in [6, 6.07) is 16.5. The van der Waals surface area contributed by atoms with Gasteiger partial charge in [-0.2, -0.15) is 0 Å². The summed E-state index contributed by atoms with van der Waals surface area (Å²) in [5, 5.41) is 2.89. The van der Waals surface area contributed by atoms with Gasteiger partial charge in [-0.1, -0.05) is 36.4 Å². The number of aromatic nitrogens is 1. The zero-order chi connectivity index (χ0) is 25.0. The van der Waals surface area contributed by atoms with Gasteiger partial charge in [-0.25, -0.2) is 4.79 Å². The molecule has 1 aromatic heterocycles. The van der Waals surface area contributed by atoms with Crippen LogP contribution in [0, 0.1) is 13.8 Å². The van der Waals surface area contributed by atoms with Gasteiger partial charge in [0.1, 0.15) is 12.1 Å². The Hall–Kier alpha value is -4.07. The van der Waals surface area contributed by atoms with Crippen molar-refractivity contribution in [2.75, 3.05) is 13.2 Å². The second-order valence-electron chi connectivity index (χ2n) is 9.70. The number of nitrogens with one attached hydrogen (secondary N) is 1. The minimum atomic E-state index is -1.07. The van der Waals surface area contributed by atoms with Crippen LogP contribution in [-0.4, -0.2) is 46.4 Å². The van der Waals surface area contributed by atoms with Crippen molar-refractivity contribution in [2.45, 2.75) is 44.9 Å². The first-order chi connectivity index (χ1) is 17.4. The van der Waals surface area contributed by atoms with Crippen LogP contribution in [0.5, 0.6) is 11.5 Å². The van der Waals surface area contributed by atoms with E-state index in [4.69, 9.17) is 9.47 Å². The number of nitrogens with zero attached hydrogens (tertiary/aromatic N) is 2. The molecule has 3 aliphatic rings. The van der Waals surface area contributed by atoms with Crippen LogP contribution in [0.2, 0.25) is 0 Å². The molecule has 0 radical (unpaired) electrons. The Morgan fingerprint density at radius 3 is 2.67 bits per heavy atom. The molecule has 8 heteroatoms. The van der Waals surface area contributed by atoms with Gasteiger partial charge in [-0.05, 0) is 56.0 Å². The van der Waals surface area contributed by atoms with Crippen LogP contribution in [0.25, 0.3) is 0 Å². The quantitative estimate of drug-likeness (QED) is 0.441. The molecule has 3 amide bonds. The van der Waals surface area contributed by atoms with E-state index in [-0.39, 0.29) is 24.3 Å². The number of Topliss-reactive ketones (excluding diaryl/α,β-unsaturated/α-hetero) is 1. The summed E-state index contributed by atoms with van der Waals surface area (Å²) in [4.78, 5) is 40.7. The maximum Gasteiger partial charge on any atom is 0.325 e. The lowest BCUT2D eigenvalue weighted by Gasteiger charge is -2.27. The molecule has 184 valence electrons. The summed E-state index contributed by atoms with van der Waals surface area (Å²) in [5.41, 5.74) is 2.98. The summed E-state index contributed by atoms with van der Waals surface area (Å²) in [7, 11) is 0. The summed E-state index contributed by atoms with van der Waals surface area (Å²) in [6.07, 6.45) is 1.01. The van der Waals surface area contributed by atoms with Gasteiger partial charge >= 0.3 is 6.03 Å². The zero-order valence-electron chi connectivity index (χ0n) is 20.2. The van der Waals surface area contributed by atoms with Crippen molar-refractivity contribution in [3.63, 3.8) is 0 Å². The van der Waals surface area contributed by atoms with E-state index < -0.39 is 11.6 Å². The topological polar surface area (TPSA) is 89.9 Å². The highest BCUT2D eigenvalue weighted by Crippen LogP contribution is 2.41. The fourth-order valence-corrected chi connectivity index (χ4v) is 5.68. The van der Waals surface area contributed by atoms with E-state index in [0.29, 0.717) is 37.3 Å². The third-order valence-electron chi connectivity index (χ3n) is 7.55. The van der Waals surface area contributed by atoms with Crippen molar-refractivity contribution in [3.8, 4) is 11.5 Å². The highest BCUT2D eigenvalue weighted by molar-refractivity contribution is 6.12. The molecule has 0 bridgehead atoms. The van der Waals surface area contributed by atoms with Gasteiger partial charge in [-0.3, -0.25) is 14.5 Å². The average Bonchev–Trinajstić information content (AvgIpc) is 3.48. The number of urea groups is 1. The molecule has 1 aliphatic carbocycles. The Labute approximate surface area is 208 Å². The molecule has 1 N–H and O–H groups in total. The van der Waals surface area contributed by atoms with E-state index >= 15 is 0 Å². The number of aryl methyl sites for hydroxylation is 2. The molecule has 0 unspecified atom stereocenters. The molecule has 1 saturated heterocycles. The van der Waals surface area contributed by atoms with Gasteiger partial charge in [0, 0.05) is 17.0 Å². The fourth-order valence-electron chi connectivity index (χ4n) is 5.68. The minimum Gasteiger partial charge on any atom is -0.486 e. The van der Waals surface area contributed by atoms with E-state index in [1.54, 1.807) is 0 Å². The minimum absolute atomic E-state index is 0.208. The number of carbonyl (C=O) groups excluding carboxylic acids is 3. The van der Waals surface area contributed by atoms with Gasteiger partial charge in [0.25, 0.3) is 5.91 Å². The number of imide groups is 1. The van der Waals surface area contributed by atoms with Crippen LogP contribution in [0.4, 0.5) is 4.79 Å². The van der Waals surface area contributed by atoms with Gasteiger partial charge in [-0.15, -0.1) is 0 Å². The third kappa shape index (κ3) is 3.39. The van der Waals surface area contributed by atoms with Crippen LogP contribution >= 0.6 is 0 Å². The summed E-state index contributed by atoms with van der Waals surface area (Å²) in [6.45, 7) is 4.43. The molecular formula is C28H27N3O5. The van der Waals surface area contributed by atoms with Crippen LogP contribution in [0.1, 0.15) is 39.3 Å². The molecule has 0 saturated carbocycles. The maximum absolute atomic E-state index is 13.4. The molecule has 1 fully saturated rings. The Balaban J connectivity index is 1.19. The van der Waals surface area contributed by atoms with Crippen LogP contribution in [0.15, 0.2) is 54.6 Å². The van der Waals surface area contributed by atoms with Gasteiger partial charge in [0.2, 0.25) is 0 Å². The number of ether oxygens (including phenoxy) is 2. The van der Waals surface area contributed by atoms with E-state index in [1.165, 1.54) is 0 Å². The number of hydrogen-bond acceptors (Lipinski definition) is 5. The van der Waals surface area contributed by atoms with Gasteiger partial charge in [0.05, 0.1) is 13.1 Å². The molecule has 6 rings (SSSR count). The average molecular weight is 486 g/mol. The molecule has 2 aliphatic heterocycles. The fraction of sp³-hybridized carbons (Fsp3) is 0.321. The van der Waals surface area contributed by atoms with Crippen LogP contribution in [-0.2, 0) is 23.3 Å². The summed E-state index contributed by atoms with van der Waals surface area (Å²) >= 11 is 0. The smallest absolute Gasteiger partial charge is 0.325 e.